The van der Waals surface area contributed by atoms with Gasteiger partial charge < -0.3 is 14.8 Å². The molecular weight excluding hydrogens is 361 g/mol. The van der Waals surface area contributed by atoms with Crippen LogP contribution in [-0.2, 0) is 14.3 Å². The molecule has 0 bridgehead atoms. The maximum Gasteiger partial charge on any atom is 0.345 e. The minimum atomic E-state index is -1.17. The highest BCUT2D eigenvalue weighted by Crippen LogP contribution is 2.25. The average molecular weight is 378 g/mol. The molecule has 5 nitrogen and oxygen atoms in total. The van der Waals surface area contributed by atoms with E-state index in [1.165, 1.54) is 24.3 Å². The molecule has 1 unspecified atom stereocenters. The zero-order valence-electron chi connectivity index (χ0n) is 13.8. The largest absolute Gasteiger partial charge is 0.480 e. The van der Waals surface area contributed by atoms with Gasteiger partial charge in [0.2, 0.25) is 6.10 Å². The third-order valence-corrected chi connectivity index (χ3v) is 4.08. The molecule has 0 heterocycles. The number of carbonyl (C=O) groups is 2. The molecular formula is C19H17ClFNO4. The van der Waals surface area contributed by atoms with Gasteiger partial charge in [0.1, 0.15) is 11.6 Å². The van der Waals surface area contributed by atoms with Crippen LogP contribution in [0.2, 0.25) is 5.02 Å². The molecule has 1 aliphatic rings. The minimum absolute atomic E-state index is 0.100. The molecule has 0 spiro atoms. The summed E-state index contributed by atoms with van der Waals surface area (Å²) in [6.07, 6.45) is 0.621. The molecule has 7 heteroatoms. The lowest BCUT2D eigenvalue weighted by molar-refractivity contribution is -0.158. The first kappa shape index (κ1) is 18.2. The van der Waals surface area contributed by atoms with Crippen molar-refractivity contribution in [1.82, 2.24) is 5.32 Å². The fourth-order valence-electron chi connectivity index (χ4n) is 2.28. The Kier molecular flexibility index (Phi) is 5.73. The molecule has 3 rings (SSSR count). The van der Waals surface area contributed by atoms with Gasteiger partial charge in [-0.1, -0.05) is 35.9 Å². The Morgan fingerprint density at radius 2 is 1.85 bits per heavy atom. The molecule has 1 amide bonds. The molecule has 136 valence electrons. The zero-order chi connectivity index (χ0) is 18.5. The summed E-state index contributed by atoms with van der Waals surface area (Å²) in [5, 5.41) is 3.15. The molecule has 1 aliphatic carbocycles. The lowest BCUT2D eigenvalue weighted by Crippen LogP contribution is -2.34. The maximum absolute atomic E-state index is 13.1. The van der Waals surface area contributed by atoms with Gasteiger partial charge in [-0.2, -0.15) is 0 Å². The minimum Gasteiger partial charge on any atom is -0.480 e. The standard InChI is InChI=1S/C19H17ClFNO4/c20-15-3-1-2-4-16(15)25-11-17(23)26-18(19(24)22-14-9-10-14)12-5-7-13(21)8-6-12/h1-8,14,18H,9-11H2,(H,22,24). The Hall–Kier alpha value is -2.60. The van der Waals surface area contributed by atoms with Crippen molar-refractivity contribution in [2.45, 2.75) is 25.0 Å². The number of rotatable bonds is 7. The second-order valence-electron chi connectivity index (χ2n) is 5.92. The van der Waals surface area contributed by atoms with E-state index >= 15 is 0 Å². The lowest BCUT2D eigenvalue weighted by atomic mass is 10.1. The van der Waals surface area contributed by atoms with Crippen molar-refractivity contribution in [3.8, 4) is 5.75 Å². The topological polar surface area (TPSA) is 64.6 Å². The van der Waals surface area contributed by atoms with Gasteiger partial charge in [-0.25, -0.2) is 9.18 Å². The summed E-state index contributed by atoms with van der Waals surface area (Å²) in [6.45, 7) is -0.405. The fourth-order valence-corrected chi connectivity index (χ4v) is 2.47. The number of esters is 1. The van der Waals surface area contributed by atoms with Crippen LogP contribution < -0.4 is 10.1 Å². The second kappa shape index (κ2) is 8.19. The normalized spacial score (nSPS) is 14.4. The van der Waals surface area contributed by atoms with E-state index in [1.807, 2.05) is 0 Å². The molecule has 1 fully saturated rings. The van der Waals surface area contributed by atoms with E-state index in [2.05, 4.69) is 5.32 Å². The first-order chi connectivity index (χ1) is 12.5. The highest BCUT2D eigenvalue weighted by molar-refractivity contribution is 6.32. The monoisotopic (exact) mass is 377 g/mol. The first-order valence-electron chi connectivity index (χ1n) is 8.15. The number of hydrogen-bond donors (Lipinski definition) is 1. The average Bonchev–Trinajstić information content (AvgIpc) is 3.44. The number of hydrogen-bond acceptors (Lipinski definition) is 4. The molecule has 26 heavy (non-hydrogen) atoms. The van der Waals surface area contributed by atoms with Gasteiger partial charge in [-0.15, -0.1) is 0 Å². The number of halogens is 2. The fraction of sp³-hybridized carbons (Fsp3) is 0.263. The van der Waals surface area contributed by atoms with Crippen molar-refractivity contribution in [3.63, 3.8) is 0 Å². The third-order valence-electron chi connectivity index (χ3n) is 3.77. The van der Waals surface area contributed by atoms with Crippen LogP contribution in [0.4, 0.5) is 4.39 Å². The van der Waals surface area contributed by atoms with Crippen molar-refractivity contribution in [1.29, 1.82) is 0 Å². The molecule has 1 saturated carbocycles. The van der Waals surface area contributed by atoms with Gasteiger partial charge in [-0.3, -0.25) is 4.79 Å². The van der Waals surface area contributed by atoms with Gasteiger partial charge in [0, 0.05) is 11.6 Å². The molecule has 0 aliphatic heterocycles. The highest BCUT2D eigenvalue weighted by Gasteiger charge is 2.31. The Morgan fingerprint density at radius 1 is 1.15 bits per heavy atom. The van der Waals surface area contributed by atoms with E-state index in [0.717, 1.165) is 12.8 Å². The molecule has 0 radical (unpaired) electrons. The predicted octanol–water partition coefficient (Wildman–Crippen LogP) is 3.42. The van der Waals surface area contributed by atoms with Crippen molar-refractivity contribution < 1.29 is 23.5 Å². The number of carbonyl (C=O) groups excluding carboxylic acids is 2. The summed E-state index contributed by atoms with van der Waals surface area (Å²) in [4.78, 5) is 24.5. The number of amides is 1. The Balaban J connectivity index is 1.66. The van der Waals surface area contributed by atoms with Crippen LogP contribution >= 0.6 is 11.6 Å². The summed E-state index contributed by atoms with van der Waals surface area (Å²) in [6, 6.07) is 12.0. The van der Waals surface area contributed by atoms with Gasteiger partial charge >= 0.3 is 5.97 Å². The van der Waals surface area contributed by atoms with Crippen LogP contribution in [0.1, 0.15) is 24.5 Å². The number of para-hydroxylation sites is 1. The van der Waals surface area contributed by atoms with E-state index in [0.29, 0.717) is 16.3 Å². The van der Waals surface area contributed by atoms with Crippen LogP contribution in [0.25, 0.3) is 0 Å². The van der Waals surface area contributed by atoms with Gasteiger partial charge in [0.15, 0.2) is 6.61 Å². The van der Waals surface area contributed by atoms with E-state index in [4.69, 9.17) is 21.1 Å². The zero-order valence-corrected chi connectivity index (χ0v) is 14.5. The molecule has 2 aromatic carbocycles. The Bertz CT molecular complexity index is 792. The van der Waals surface area contributed by atoms with Crippen LogP contribution in [0.5, 0.6) is 5.75 Å². The molecule has 1 N–H and O–H groups in total. The molecule has 0 aromatic heterocycles. The number of nitrogens with one attached hydrogen (secondary N) is 1. The smallest absolute Gasteiger partial charge is 0.345 e. The van der Waals surface area contributed by atoms with E-state index in [-0.39, 0.29) is 6.04 Å². The summed E-state index contributed by atoms with van der Waals surface area (Å²) in [5.41, 5.74) is 0.385. The summed E-state index contributed by atoms with van der Waals surface area (Å²) < 4.78 is 23.8. The summed E-state index contributed by atoms with van der Waals surface area (Å²) in [5.74, 6) is -1.27. The Morgan fingerprint density at radius 3 is 2.50 bits per heavy atom. The first-order valence-corrected chi connectivity index (χ1v) is 8.53. The second-order valence-corrected chi connectivity index (χ2v) is 6.33. The highest BCUT2D eigenvalue weighted by atomic mass is 35.5. The number of ether oxygens (including phenoxy) is 2. The van der Waals surface area contributed by atoms with Crippen LogP contribution in [0.15, 0.2) is 48.5 Å². The van der Waals surface area contributed by atoms with Gasteiger partial charge in [0.05, 0.1) is 5.02 Å². The molecule has 2 aromatic rings. The molecule has 0 saturated heterocycles. The van der Waals surface area contributed by atoms with Crippen LogP contribution in [0.3, 0.4) is 0 Å². The van der Waals surface area contributed by atoms with Crippen molar-refractivity contribution in [3.05, 3.63) is 64.9 Å². The predicted molar refractivity (Wildman–Crippen MR) is 93.3 cm³/mol. The SMILES string of the molecule is O=C(COc1ccccc1Cl)OC(C(=O)NC1CC1)c1ccc(F)cc1. The third kappa shape index (κ3) is 4.95. The quantitative estimate of drug-likeness (QED) is 0.751. The Labute approximate surface area is 155 Å². The van der Waals surface area contributed by atoms with Crippen molar-refractivity contribution in [2.75, 3.05) is 6.61 Å². The van der Waals surface area contributed by atoms with Crippen LogP contribution in [-0.4, -0.2) is 24.5 Å². The van der Waals surface area contributed by atoms with Gasteiger partial charge in [-0.05, 0) is 37.1 Å². The van der Waals surface area contributed by atoms with E-state index < -0.39 is 30.4 Å². The van der Waals surface area contributed by atoms with E-state index in [1.54, 1.807) is 24.3 Å². The maximum atomic E-state index is 13.1. The van der Waals surface area contributed by atoms with Crippen molar-refractivity contribution >= 4 is 23.5 Å². The van der Waals surface area contributed by atoms with Gasteiger partial charge in [0.25, 0.3) is 5.91 Å². The number of benzene rings is 2. The lowest BCUT2D eigenvalue weighted by Gasteiger charge is -2.18. The van der Waals surface area contributed by atoms with Crippen molar-refractivity contribution in [2.24, 2.45) is 0 Å². The van der Waals surface area contributed by atoms with E-state index in [9.17, 15) is 14.0 Å². The summed E-state index contributed by atoms with van der Waals surface area (Å²) in [7, 11) is 0. The molecule has 1 atom stereocenters. The summed E-state index contributed by atoms with van der Waals surface area (Å²) >= 11 is 5.96. The van der Waals surface area contributed by atoms with Crippen LogP contribution in [0, 0.1) is 5.82 Å².